The molecule has 1 N–H and O–H groups in total. The molecular weight excluding hydrogens is 434 g/mol. The van der Waals surface area contributed by atoms with Crippen molar-refractivity contribution in [1.29, 1.82) is 0 Å². The van der Waals surface area contributed by atoms with Gasteiger partial charge in [0.25, 0.3) is 5.91 Å². The highest BCUT2D eigenvalue weighted by Crippen LogP contribution is 2.27. The minimum Gasteiger partial charge on any atom is -0.496 e. The van der Waals surface area contributed by atoms with Crippen molar-refractivity contribution in [2.45, 2.75) is 37.5 Å². The highest BCUT2D eigenvalue weighted by atomic mass is 32.2. The number of benzene rings is 2. The highest BCUT2D eigenvalue weighted by Gasteiger charge is 2.08. The predicted molar refractivity (Wildman–Crippen MR) is 133 cm³/mol. The summed E-state index contributed by atoms with van der Waals surface area (Å²) in [6, 6.07) is 17.7. The number of nitrogens with one attached hydrogen (secondary N) is 1. The third-order valence-electron chi connectivity index (χ3n) is 4.96. The molecule has 0 saturated heterocycles. The summed E-state index contributed by atoms with van der Waals surface area (Å²) in [7, 11) is 1.65. The number of aromatic nitrogens is 1. The van der Waals surface area contributed by atoms with Gasteiger partial charge in [-0.25, -0.2) is 10.4 Å². The molecular formula is C26H29N3O3S. The lowest BCUT2D eigenvalue weighted by Crippen LogP contribution is -2.24. The van der Waals surface area contributed by atoms with E-state index in [0.717, 1.165) is 27.5 Å². The summed E-state index contributed by atoms with van der Waals surface area (Å²) in [5, 5.41) is 5.02. The number of carbonyl (C=O) groups is 1. The van der Waals surface area contributed by atoms with Gasteiger partial charge in [0, 0.05) is 17.5 Å². The highest BCUT2D eigenvalue weighted by molar-refractivity contribution is 7.98. The summed E-state index contributed by atoms with van der Waals surface area (Å²) in [5.41, 5.74) is 6.56. The van der Waals surface area contributed by atoms with Crippen LogP contribution >= 0.6 is 11.8 Å². The average molecular weight is 464 g/mol. The molecule has 33 heavy (non-hydrogen) atoms. The normalized spacial score (nSPS) is 11.1. The van der Waals surface area contributed by atoms with Gasteiger partial charge in [-0.1, -0.05) is 32.0 Å². The van der Waals surface area contributed by atoms with Crippen LogP contribution in [-0.2, 0) is 10.5 Å². The maximum atomic E-state index is 12.2. The topological polar surface area (TPSA) is 72.8 Å². The van der Waals surface area contributed by atoms with Gasteiger partial charge in [-0.3, -0.25) is 4.79 Å². The van der Waals surface area contributed by atoms with Crippen molar-refractivity contribution in [3.63, 3.8) is 0 Å². The van der Waals surface area contributed by atoms with E-state index in [2.05, 4.69) is 35.4 Å². The number of carbonyl (C=O) groups excluding carboxylic acids is 1. The average Bonchev–Trinajstić information content (AvgIpc) is 2.82. The molecule has 7 heteroatoms. The number of pyridine rings is 1. The second kappa shape index (κ2) is 12.1. The fourth-order valence-electron chi connectivity index (χ4n) is 3.06. The van der Waals surface area contributed by atoms with Crippen LogP contribution in [0.15, 0.2) is 70.9 Å². The smallest absolute Gasteiger partial charge is 0.277 e. The fourth-order valence-corrected chi connectivity index (χ4v) is 3.90. The molecule has 1 aromatic heterocycles. The molecule has 2 aromatic carbocycles. The molecule has 1 heterocycles. The third-order valence-corrected chi connectivity index (χ3v) is 5.95. The van der Waals surface area contributed by atoms with Gasteiger partial charge in [-0.05, 0) is 65.9 Å². The molecule has 0 aliphatic heterocycles. The standard InChI is InChI=1S/C26H29N3O3S/c1-18(2)21-10-8-19(3)24(14-21)32-16-25(30)29-28-15-20-9-11-23(31-4)22(13-20)17-33-26-7-5-6-12-27-26/h5-15,18H,16-17H2,1-4H3,(H,29,30). The Morgan fingerprint density at radius 2 is 2.00 bits per heavy atom. The number of hydrogen-bond donors (Lipinski definition) is 1. The van der Waals surface area contributed by atoms with Crippen LogP contribution in [0.3, 0.4) is 0 Å². The number of thioether (sulfide) groups is 1. The Kier molecular flexibility index (Phi) is 8.89. The van der Waals surface area contributed by atoms with E-state index in [-0.39, 0.29) is 12.5 Å². The molecule has 0 fully saturated rings. The summed E-state index contributed by atoms with van der Waals surface area (Å²) in [6.07, 6.45) is 3.38. The number of amides is 1. The largest absolute Gasteiger partial charge is 0.496 e. The van der Waals surface area contributed by atoms with Crippen LogP contribution in [0, 0.1) is 6.92 Å². The summed E-state index contributed by atoms with van der Waals surface area (Å²) in [4.78, 5) is 16.5. The number of aryl methyl sites for hydroxylation is 1. The Bertz CT molecular complexity index is 1100. The van der Waals surface area contributed by atoms with Crippen molar-refractivity contribution >= 4 is 23.9 Å². The van der Waals surface area contributed by atoms with Crippen LogP contribution in [0.1, 0.15) is 42.0 Å². The van der Waals surface area contributed by atoms with Gasteiger partial charge in [0.05, 0.1) is 18.4 Å². The van der Waals surface area contributed by atoms with E-state index >= 15 is 0 Å². The van der Waals surface area contributed by atoms with Crippen molar-refractivity contribution in [2.24, 2.45) is 5.10 Å². The van der Waals surface area contributed by atoms with Crippen molar-refractivity contribution in [2.75, 3.05) is 13.7 Å². The van der Waals surface area contributed by atoms with E-state index in [1.807, 2.05) is 55.5 Å². The molecule has 0 atom stereocenters. The van der Waals surface area contributed by atoms with E-state index in [1.54, 1.807) is 31.3 Å². The summed E-state index contributed by atoms with van der Waals surface area (Å²) < 4.78 is 11.2. The molecule has 0 spiro atoms. The van der Waals surface area contributed by atoms with Crippen LogP contribution < -0.4 is 14.9 Å². The lowest BCUT2D eigenvalue weighted by Gasteiger charge is -2.12. The number of hydrogen-bond acceptors (Lipinski definition) is 6. The Balaban J connectivity index is 1.56. The number of ether oxygens (including phenoxy) is 2. The second-order valence-corrected chi connectivity index (χ2v) is 8.79. The van der Waals surface area contributed by atoms with E-state index < -0.39 is 0 Å². The quantitative estimate of drug-likeness (QED) is 0.249. The van der Waals surface area contributed by atoms with Crippen LogP contribution in [-0.4, -0.2) is 30.8 Å². The van der Waals surface area contributed by atoms with E-state index in [4.69, 9.17) is 9.47 Å². The van der Waals surface area contributed by atoms with Gasteiger partial charge in [-0.2, -0.15) is 5.10 Å². The number of rotatable bonds is 10. The second-order valence-electron chi connectivity index (χ2n) is 7.79. The van der Waals surface area contributed by atoms with Crippen molar-refractivity contribution in [3.05, 3.63) is 83.0 Å². The first-order valence-corrected chi connectivity index (χ1v) is 11.7. The fraction of sp³-hybridized carbons (Fsp3) is 0.269. The molecule has 0 bridgehead atoms. The van der Waals surface area contributed by atoms with Gasteiger partial charge in [0.2, 0.25) is 0 Å². The van der Waals surface area contributed by atoms with Crippen LogP contribution in [0.4, 0.5) is 0 Å². The maximum Gasteiger partial charge on any atom is 0.277 e. The monoisotopic (exact) mass is 463 g/mol. The first-order chi connectivity index (χ1) is 16.0. The number of methoxy groups -OCH3 is 1. The van der Waals surface area contributed by atoms with Crippen LogP contribution in [0.25, 0.3) is 0 Å². The zero-order valence-electron chi connectivity index (χ0n) is 19.4. The SMILES string of the molecule is COc1ccc(C=NNC(=O)COc2cc(C(C)C)ccc2C)cc1CSc1ccccn1. The molecule has 1 amide bonds. The minimum atomic E-state index is -0.319. The molecule has 0 saturated carbocycles. The predicted octanol–water partition coefficient (Wildman–Crippen LogP) is 5.34. The lowest BCUT2D eigenvalue weighted by atomic mass is 10.0. The zero-order chi connectivity index (χ0) is 23.6. The molecule has 6 nitrogen and oxygen atoms in total. The van der Waals surface area contributed by atoms with Gasteiger partial charge in [-0.15, -0.1) is 11.8 Å². The summed E-state index contributed by atoms with van der Waals surface area (Å²) >= 11 is 1.63. The maximum absolute atomic E-state index is 12.2. The Labute approximate surface area is 199 Å². The van der Waals surface area contributed by atoms with Crippen LogP contribution in [0.2, 0.25) is 0 Å². The summed E-state index contributed by atoms with van der Waals surface area (Å²) in [6.45, 7) is 6.10. The van der Waals surface area contributed by atoms with Crippen molar-refractivity contribution < 1.29 is 14.3 Å². The zero-order valence-corrected chi connectivity index (χ0v) is 20.2. The van der Waals surface area contributed by atoms with Gasteiger partial charge in [0.15, 0.2) is 6.61 Å². The van der Waals surface area contributed by atoms with Gasteiger partial charge < -0.3 is 9.47 Å². The van der Waals surface area contributed by atoms with Crippen molar-refractivity contribution in [3.8, 4) is 11.5 Å². The van der Waals surface area contributed by atoms with E-state index in [1.165, 1.54) is 5.56 Å². The first-order valence-electron chi connectivity index (χ1n) is 10.7. The lowest BCUT2D eigenvalue weighted by molar-refractivity contribution is -0.123. The van der Waals surface area contributed by atoms with Crippen molar-refractivity contribution in [1.82, 2.24) is 10.4 Å². The molecule has 0 aliphatic carbocycles. The Morgan fingerprint density at radius 3 is 2.73 bits per heavy atom. The van der Waals surface area contributed by atoms with E-state index in [9.17, 15) is 4.79 Å². The van der Waals surface area contributed by atoms with Gasteiger partial charge >= 0.3 is 0 Å². The third kappa shape index (κ3) is 7.36. The molecule has 0 unspecified atom stereocenters. The van der Waals surface area contributed by atoms with Crippen LogP contribution in [0.5, 0.6) is 11.5 Å². The Morgan fingerprint density at radius 1 is 1.15 bits per heavy atom. The molecule has 3 rings (SSSR count). The van der Waals surface area contributed by atoms with E-state index in [0.29, 0.717) is 17.4 Å². The number of hydrazone groups is 1. The minimum absolute atomic E-state index is 0.103. The Hall–Kier alpha value is -3.32. The summed E-state index contributed by atoms with van der Waals surface area (Å²) in [5.74, 6) is 2.29. The molecule has 0 radical (unpaired) electrons. The molecule has 172 valence electrons. The van der Waals surface area contributed by atoms with Gasteiger partial charge in [0.1, 0.15) is 11.5 Å². The molecule has 3 aromatic rings. The first kappa shape index (κ1) is 24.3. The number of nitrogens with zero attached hydrogens (tertiary/aromatic N) is 2. The molecule has 0 aliphatic rings.